The maximum absolute atomic E-state index is 13.9. The van der Waals surface area contributed by atoms with Gasteiger partial charge in [0.15, 0.2) is 4.80 Å². The van der Waals surface area contributed by atoms with Crippen LogP contribution in [0.15, 0.2) is 98.3 Å². The largest absolute Gasteiger partial charge is 0.497 e. The number of anilines is 1. The number of para-hydroxylation sites is 1. The zero-order valence-corrected chi connectivity index (χ0v) is 24.0. The van der Waals surface area contributed by atoms with E-state index in [2.05, 4.69) is 21.2 Å². The molecule has 9 heteroatoms. The van der Waals surface area contributed by atoms with Crippen molar-refractivity contribution >= 4 is 44.9 Å². The van der Waals surface area contributed by atoms with Crippen molar-refractivity contribution in [1.29, 1.82) is 0 Å². The van der Waals surface area contributed by atoms with Crippen LogP contribution in [0, 0.1) is 0 Å². The Hall–Kier alpha value is -3.95. The Bertz CT molecular complexity index is 1740. The number of fused-ring (bicyclic) bond motifs is 1. The molecule has 1 aliphatic rings. The Balaban J connectivity index is 1.64. The Labute approximate surface area is 237 Å². The number of amides is 1. The number of nitrogens with one attached hydrogen (secondary N) is 1. The highest BCUT2D eigenvalue weighted by molar-refractivity contribution is 9.10. The molecule has 0 radical (unpaired) electrons. The molecule has 0 fully saturated rings. The third-order valence-electron chi connectivity index (χ3n) is 6.28. The number of hydrogen-bond donors (Lipinski definition) is 1. The van der Waals surface area contributed by atoms with E-state index in [9.17, 15) is 9.59 Å². The molecule has 39 heavy (non-hydrogen) atoms. The van der Waals surface area contributed by atoms with E-state index in [0.29, 0.717) is 38.6 Å². The van der Waals surface area contributed by atoms with Crippen LogP contribution in [0.5, 0.6) is 11.5 Å². The lowest BCUT2D eigenvalue weighted by Crippen LogP contribution is -2.40. The minimum atomic E-state index is -0.662. The first kappa shape index (κ1) is 26.6. The van der Waals surface area contributed by atoms with E-state index in [1.807, 2.05) is 85.8 Å². The third kappa shape index (κ3) is 5.46. The molecule has 0 unspecified atom stereocenters. The summed E-state index contributed by atoms with van der Waals surface area (Å²) >= 11 is 4.84. The molecular weight excluding hydrogens is 578 g/mol. The maximum atomic E-state index is 13.9. The van der Waals surface area contributed by atoms with Gasteiger partial charge in [0.25, 0.3) is 11.5 Å². The highest BCUT2D eigenvalue weighted by Gasteiger charge is 2.32. The summed E-state index contributed by atoms with van der Waals surface area (Å²) in [4.78, 5) is 32.8. The second kappa shape index (κ2) is 11.4. The van der Waals surface area contributed by atoms with Gasteiger partial charge in [-0.05, 0) is 83.4 Å². The van der Waals surface area contributed by atoms with Crippen molar-refractivity contribution in [3.05, 3.63) is 119 Å². The summed E-state index contributed by atoms with van der Waals surface area (Å²) in [5.74, 6) is 1.11. The average molecular weight is 605 g/mol. The molecule has 0 bridgehead atoms. The lowest BCUT2D eigenvalue weighted by molar-refractivity contribution is -0.113. The number of allylic oxidation sites excluding steroid dienone is 1. The van der Waals surface area contributed by atoms with Gasteiger partial charge in [0, 0.05) is 5.69 Å². The molecule has 4 aromatic rings. The highest BCUT2D eigenvalue weighted by atomic mass is 79.9. The second-order valence-corrected chi connectivity index (χ2v) is 10.7. The monoisotopic (exact) mass is 603 g/mol. The van der Waals surface area contributed by atoms with Crippen LogP contribution in [0.25, 0.3) is 6.08 Å². The molecule has 1 N–H and O–H groups in total. The van der Waals surface area contributed by atoms with E-state index in [0.717, 1.165) is 21.3 Å². The van der Waals surface area contributed by atoms with Gasteiger partial charge in [-0.25, -0.2) is 4.99 Å². The van der Waals surface area contributed by atoms with Gasteiger partial charge >= 0.3 is 0 Å². The standard InChI is InChI=1S/C30H26BrN3O4S/c1-4-38-24-15-10-19(16-23(24)31)17-25-29(36)34-27(20-11-13-22(37-3)14-12-20)26(18(2)32-30(34)39-25)28(35)33-21-8-6-5-7-9-21/h5-17,27H,4H2,1-3H3,(H,33,35)/b25-17+/t27-/m0/s1. The second-order valence-electron chi connectivity index (χ2n) is 8.80. The number of benzene rings is 3. The summed E-state index contributed by atoms with van der Waals surface area (Å²) in [6.07, 6.45) is 1.83. The number of ether oxygens (including phenoxy) is 2. The van der Waals surface area contributed by atoms with Crippen molar-refractivity contribution < 1.29 is 14.3 Å². The SMILES string of the molecule is CCOc1ccc(/C=c2/sc3n(c2=O)[C@@H](c2ccc(OC)cc2)C(C(=O)Nc2ccccc2)=C(C)N=3)cc1Br. The van der Waals surface area contributed by atoms with Gasteiger partial charge < -0.3 is 14.8 Å². The highest BCUT2D eigenvalue weighted by Crippen LogP contribution is 2.32. The van der Waals surface area contributed by atoms with Gasteiger partial charge in [-0.1, -0.05) is 47.7 Å². The Morgan fingerprint density at radius 2 is 1.87 bits per heavy atom. The number of methoxy groups -OCH3 is 1. The maximum Gasteiger partial charge on any atom is 0.271 e. The average Bonchev–Trinajstić information content (AvgIpc) is 3.24. The molecule has 0 aliphatic carbocycles. The first-order valence-electron chi connectivity index (χ1n) is 12.3. The quantitative estimate of drug-likeness (QED) is 0.321. The third-order valence-corrected chi connectivity index (χ3v) is 7.89. The smallest absolute Gasteiger partial charge is 0.271 e. The minimum absolute atomic E-state index is 0.220. The number of carbonyl (C=O) groups is 1. The van der Waals surface area contributed by atoms with Gasteiger partial charge in [-0.15, -0.1) is 0 Å². The van der Waals surface area contributed by atoms with Crippen LogP contribution in [-0.4, -0.2) is 24.2 Å². The van der Waals surface area contributed by atoms with Crippen LogP contribution in [0.4, 0.5) is 5.69 Å². The molecule has 0 spiro atoms. The molecule has 1 amide bonds. The number of hydrogen-bond acceptors (Lipinski definition) is 6. The van der Waals surface area contributed by atoms with Crippen LogP contribution < -0.4 is 29.7 Å². The summed E-state index contributed by atoms with van der Waals surface area (Å²) in [6.45, 7) is 4.29. The van der Waals surface area contributed by atoms with Crippen LogP contribution in [0.2, 0.25) is 0 Å². The molecule has 0 saturated carbocycles. The van der Waals surface area contributed by atoms with E-state index < -0.39 is 6.04 Å². The number of carbonyl (C=O) groups excluding carboxylic acids is 1. The van der Waals surface area contributed by atoms with Crippen molar-refractivity contribution in [1.82, 2.24) is 4.57 Å². The predicted octanol–water partition coefficient (Wildman–Crippen LogP) is 5.04. The van der Waals surface area contributed by atoms with Crippen LogP contribution >= 0.6 is 27.3 Å². The van der Waals surface area contributed by atoms with E-state index in [1.54, 1.807) is 18.6 Å². The van der Waals surface area contributed by atoms with E-state index >= 15 is 0 Å². The number of nitrogens with zero attached hydrogens (tertiary/aromatic N) is 2. The summed E-state index contributed by atoms with van der Waals surface area (Å²) in [7, 11) is 1.60. The zero-order valence-electron chi connectivity index (χ0n) is 21.6. The van der Waals surface area contributed by atoms with Crippen molar-refractivity contribution in [3.8, 4) is 11.5 Å². The molecular formula is C30H26BrN3O4S. The summed E-state index contributed by atoms with van der Waals surface area (Å²) in [5.41, 5.74) is 3.03. The predicted molar refractivity (Wildman–Crippen MR) is 157 cm³/mol. The number of aromatic nitrogens is 1. The molecule has 1 atom stereocenters. The van der Waals surface area contributed by atoms with Crippen molar-refractivity contribution in [2.24, 2.45) is 4.99 Å². The molecule has 2 heterocycles. The van der Waals surface area contributed by atoms with Crippen LogP contribution in [-0.2, 0) is 4.79 Å². The fourth-order valence-corrected chi connectivity index (χ4v) is 6.02. The van der Waals surface area contributed by atoms with Gasteiger partial charge in [-0.3, -0.25) is 14.2 Å². The first-order valence-corrected chi connectivity index (χ1v) is 14.0. The van der Waals surface area contributed by atoms with Gasteiger partial charge in [0.05, 0.1) is 40.0 Å². The van der Waals surface area contributed by atoms with E-state index in [-0.39, 0.29) is 11.5 Å². The Kier molecular flexibility index (Phi) is 7.81. The van der Waals surface area contributed by atoms with Crippen molar-refractivity contribution in [2.45, 2.75) is 19.9 Å². The van der Waals surface area contributed by atoms with Crippen LogP contribution in [0.1, 0.15) is 31.0 Å². The fraction of sp³-hybridized carbons (Fsp3) is 0.167. The Morgan fingerprint density at radius 3 is 2.54 bits per heavy atom. The molecule has 1 aromatic heterocycles. The fourth-order valence-electron chi connectivity index (χ4n) is 4.46. The van der Waals surface area contributed by atoms with E-state index in [4.69, 9.17) is 14.5 Å². The Morgan fingerprint density at radius 1 is 1.13 bits per heavy atom. The zero-order chi connectivity index (χ0) is 27.5. The normalized spacial score (nSPS) is 15.0. The van der Waals surface area contributed by atoms with Gasteiger partial charge in [0.2, 0.25) is 0 Å². The molecule has 5 rings (SSSR count). The van der Waals surface area contributed by atoms with Gasteiger partial charge in [0.1, 0.15) is 11.5 Å². The molecule has 7 nitrogen and oxygen atoms in total. The summed E-state index contributed by atoms with van der Waals surface area (Å²) in [6, 6.07) is 21.6. The minimum Gasteiger partial charge on any atom is -0.497 e. The van der Waals surface area contributed by atoms with Crippen LogP contribution in [0.3, 0.4) is 0 Å². The summed E-state index contributed by atoms with van der Waals surface area (Å²) in [5, 5.41) is 2.96. The van der Waals surface area contributed by atoms with Crippen molar-refractivity contribution in [2.75, 3.05) is 19.0 Å². The molecule has 3 aromatic carbocycles. The topological polar surface area (TPSA) is 81.9 Å². The number of rotatable bonds is 7. The number of thiazole rings is 1. The number of halogens is 1. The molecule has 0 saturated heterocycles. The molecule has 198 valence electrons. The first-order chi connectivity index (χ1) is 18.9. The van der Waals surface area contributed by atoms with Crippen molar-refractivity contribution in [3.63, 3.8) is 0 Å². The molecule has 1 aliphatic heterocycles. The lowest BCUT2D eigenvalue weighted by Gasteiger charge is -2.25. The lowest BCUT2D eigenvalue weighted by atomic mass is 9.95. The summed E-state index contributed by atoms with van der Waals surface area (Å²) < 4.78 is 13.9. The van der Waals surface area contributed by atoms with E-state index in [1.165, 1.54) is 11.3 Å². The van der Waals surface area contributed by atoms with Gasteiger partial charge in [-0.2, -0.15) is 0 Å².